The van der Waals surface area contributed by atoms with Gasteiger partial charge in [0.1, 0.15) is 12.4 Å². The van der Waals surface area contributed by atoms with Crippen molar-refractivity contribution in [3.63, 3.8) is 0 Å². The van der Waals surface area contributed by atoms with Crippen LogP contribution in [0.15, 0.2) is 47.4 Å². The second kappa shape index (κ2) is 5.77. The number of aromatic nitrogens is 2. The molecule has 3 rings (SSSR count). The second-order valence-corrected chi connectivity index (χ2v) is 4.89. The molecule has 5 heteroatoms. The van der Waals surface area contributed by atoms with E-state index in [1.54, 1.807) is 12.3 Å². The Kier molecular flexibility index (Phi) is 3.67. The quantitative estimate of drug-likeness (QED) is 0.871. The molecule has 0 spiro atoms. The van der Waals surface area contributed by atoms with Gasteiger partial charge in [0.25, 0.3) is 5.56 Å². The summed E-state index contributed by atoms with van der Waals surface area (Å²) in [5.41, 5.74) is 0.699. The molecule has 0 aliphatic heterocycles. The normalized spacial score (nSPS) is 14.0. The maximum Gasteiger partial charge on any atom is 0.268 e. The molecule has 1 saturated carbocycles. The molecule has 1 N–H and O–H groups in total. The molecule has 1 aromatic carbocycles. The average Bonchev–Trinajstić information content (AvgIpc) is 3.26. The molecule has 2 aromatic rings. The summed E-state index contributed by atoms with van der Waals surface area (Å²) in [5, 5.41) is 7.41. The number of benzene rings is 1. The molecule has 1 heterocycles. The fourth-order valence-corrected chi connectivity index (χ4v) is 1.91. The van der Waals surface area contributed by atoms with Gasteiger partial charge in [-0.15, -0.1) is 0 Å². The molecule has 5 nitrogen and oxygen atoms in total. The highest BCUT2D eigenvalue weighted by molar-refractivity contribution is 5.41. The zero-order valence-corrected chi connectivity index (χ0v) is 11.2. The monoisotopic (exact) mass is 271 g/mol. The van der Waals surface area contributed by atoms with Gasteiger partial charge in [0.05, 0.1) is 18.4 Å². The molecule has 0 atom stereocenters. The Morgan fingerprint density at radius 1 is 1.30 bits per heavy atom. The summed E-state index contributed by atoms with van der Waals surface area (Å²) in [6.45, 7) is 0.865. The summed E-state index contributed by atoms with van der Waals surface area (Å²) in [6.07, 6.45) is 4.05. The lowest BCUT2D eigenvalue weighted by Crippen LogP contribution is -2.25. The van der Waals surface area contributed by atoms with Crippen molar-refractivity contribution >= 4 is 5.69 Å². The number of ether oxygens (including phenoxy) is 1. The van der Waals surface area contributed by atoms with Crippen LogP contribution >= 0.6 is 0 Å². The third-order valence-electron chi connectivity index (χ3n) is 3.13. The van der Waals surface area contributed by atoms with Gasteiger partial charge >= 0.3 is 0 Å². The highest BCUT2D eigenvalue weighted by Gasteiger charge is 2.20. The van der Waals surface area contributed by atoms with Gasteiger partial charge in [-0.3, -0.25) is 4.79 Å². The van der Waals surface area contributed by atoms with E-state index in [9.17, 15) is 4.79 Å². The predicted octanol–water partition coefficient (Wildman–Crippen LogP) is 1.90. The molecule has 0 saturated heterocycles. The molecule has 0 radical (unpaired) electrons. The number of rotatable bonds is 6. The van der Waals surface area contributed by atoms with E-state index < -0.39 is 0 Å². The summed E-state index contributed by atoms with van der Waals surface area (Å²) in [4.78, 5) is 11.9. The first-order valence-electron chi connectivity index (χ1n) is 6.83. The van der Waals surface area contributed by atoms with Crippen LogP contribution in [-0.4, -0.2) is 22.4 Å². The van der Waals surface area contributed by atoms with E-state index in [0.29, 0.717) is 19.2 Å². The van der Waals surface area contributed by atoms with Crippen LogP contribution in [0.4, 0.5) is 5.69 Å². The minimum absolute atomic E-state index is 0.104. The molecule has 104 valence electrons. The van der Waals surface area contributed by atoms with Crippen molar-refractivity contribution in [1.82, 2.24) is 9.78 Å². The molecule has 1 aliphatic carbocycles. The van der Waals surface area contributed by atoms with Crippen molar-refractivity contribution in [3.05, 3.63) is 52.9 Å². The standard InChI is InChI=1S/C15H17N3O2/c19-15-10-13(17-12-6-7-12)11-16-18(15)8-9-20-14-4-2-1-3-5-14/h1-5,10-12,17H,6-9H2. The third kappa shape index (κ3) is 3.38. The minimum Gasteiger partial charge on any atom is -0.492 e. The number of anilines is 1. The highest BCUT2D eigenvalue weighted by Crippen LogP contribution is 2.23. The van der Waals surface area contributed by atoms with Crippen LogP contribution in [0.5, 0.6) is 5.75 Å². The Bertz CT molecular complexity index is 621. The van der Waals surface area contributed by atoms with Crippen LogP contribution in [-0.2, 0) is 6.54 Å². The molecule has 20 heavy (non-hydrogen) atoms. The van der Waals surface area contributed by atoms with E-state index in [1.165, 1.54) is 17.5 Å². The number of hydrogen-bond donors (Lipinski definition) is 1. The fourth-order valence-electron chi connectivity index (χ4n) is 1.91. The summed E-state index contributed by atoms with van der Waals surface area (Å²) in [7, 11) is 0. The molecular formula is C15H17N3O2. The van der Waals surface area contributed by atoms with E-state index >= 15 is 0 Å². The van der Waals surface area contributed by atoms with E-state index in [2.05, 4.69) is 10.4 Å². The minimum atomic E-state index is -0.104. The molecule has 0 bridgehead atoms. The van der Waals surface area contributed by atoms with E-state index in [4.69, 9.17) is 4.74 Å². The van der Waals surface area contributed by atoms with Crippen LogP contribution in [0.1, 0.15) is 12.8 Å². The van der Waals surface area contributed by atoms with Crippen molar-refractivity contribution in [2.24, 2.45) is 0 Å². The van der Waals surface area contributed by atoms with Crippen molar-refractivity contribution in [2.75, 3.05) is 11.9 Å². The summed E-state index contributed by atoms with van der Waals surface area (Å²) in [5.74, 6) is 0.799. The van der Waals surface area contributed by atoms with Gasteiger partial charge in [-0.2, -0.15) is 5.10 Å². The maximum atomic E-state index is 11.9. The zero-order chi connectivity index (χ0) is 13.8. The van der Waals surface area contributed by atoms with Crippen molar-refractivity contribution < 1.29 is 4.74 Å². The molecule has 1 fully saturated rings. The number of hydrogen-bond acceptors (Lipinski definition) is 4. The lowest BCUT2D eigenvalue weighted by Gasteiger charge is -2.08. The average molecular weight is 271 g/mol. The Labute approximate surface area is 117 Å². The van der Waals surface area contributed by atoms with E-state index in [-0.39, 0.29) is 5.56 Å². The number of para-hydroxylation sites is 1. The summed E-state index contributed by atoms with van der Waals surface area (Å²) < 4.78 is 6.97. The van der Waals surface area contributed by atoms with Gasteiger partial charge in [-0.05, 0) is 25.0 Å². The summed E-state index contributed by atoms with van der Waals surface area (Å²) in [6, 6.07) is 11.7. The fraction of sp³-hybridized carbons (Fsp3) is 0.333. The Morgan fingerprint density at radius 2 is 2.10 bits per heavy atom. The topological polar surface area (TPSA) is 56.2 Å². The molecule has 0 amide bonds. The van der Waals surface area contributed by atoms with Crippen molar-refractivity contribution in [2.45, 2.75) is 25.4 Å². The predicted molar refractivity (Wildman–Crippen MR) is 77.1 cm³/mol. The van der Waals surface area contributed by atoms with E-state index in [1.807, 2.05) is 30.3 Å². The largest absolute Gasteiger partial charge is 0.492 e. The van der Waals surface area contributed by atoms with Gasteiger partial charge in [-0.25, -0.2) is 4.68 Å². The van der Waals surface area contributed by atoms with Crippen molar-refractivity contribution in [3.8, 4) is 5.75 Å². The maximum absolute atomic E-state index is 11.9. The molecular weight excluding hydrogens is 254 g/mol. The van der Waals surface area contributed by atoms with Crippen LogP contribution in [0.2, 0.25) is 0 Å². The van der Waals surface area contributed by atoms with Gasteiger partial charge in [0, 0.05) is 12.1 Å². The van der Waals surface area contributed by atoms with Crippen LogP contribution in [0.3, 0.4) is 0 Å². The highest BCUT2D eigenvalue weighted by atomic mass is 16.5. The third-order valence-corrected chi connectivity index (χ3v) is 3.13. The Hall–Kier alpha value is -2.30. The van der Waals surface area contributed by atoms with Crippen LogP contribution in [0.25, 0.3) is 0 Å². The number of nitrogens with one attached hydrogen (secondary N) is 1. The first-order chi connectivity index (χ1) is 9.81. The lowest BCUT2D eigenvalue weighted by molar-refractivity contribution is 0.288. The molecule has 0 unspecified atom stereocenters. The molecule has 1 aliphatic rings. The van der Waals surface area contributed by atoms with E-state index in [0.717, 1.165) is 11.4 Å². The smallest absolute Gasteiger partial charge is 0.268 e. The first kappa shape index (κ1) is 12.7. The summed E-state index contributed by atoms with van der Waals surface area (Å²) >= 11 is 0. The van der Waals surface area contributed by atoms with Crippen molar-refractivity contribution in [1.29, 1.82) is 0 Å². The van der Waals surface area contributed by atoms with Crippen LogP contribution < -0.4 is 15.6 Å². The molecule has 1 aromatic heterocycles. The Balaban J connectivity index is 1.55. The second-order valence-electron chi connectivity index (χ2n) is 4.89. The number of nitrogens with zero attached hydrogens (tertiary/aromatic N) is 2. The first-order valence-corrected chi connectivity index (χ1v) is 6.83. The van der Waals surface area contributed by atoms with Gasteiger partial charge in [0.2, 0.25) is 0 Å². The van der Waals surface area contributed by atoms with Crippen LogP contribution in [0, 0.1) is 0 Å². The SMILES string of the molecule is O=c1cc(NC2CC2)cnn1CCOc1ccccc1. The Morgan fingerprint density at radius 3 is 2.80 bits per heavy atom. The lowest BCUT2D eigenvalue weighted by atomic mass is 10.3. The zero-order valence-electron chi connectivity index (χ0n) is 11.2. The van der Waals surface area contributed by atoms with Gasteiger partial charge in [0.15, 0.2) is 0 Å². The van der Waals surface area contributed by atoms with Gasteiger partial charge < -0.3 is 10.1 Å². The van der Waals surface area contributed by atoms with Gasteiger partial charge in [-0.1, -0.05) is 18.2 Å².